The van der Waals surface area contributed by atoms with Crippen molar-refractivity contribution in [3.63, 3.8) is 0 Å². The molecule has 0 fully saturated rings. The molecule has 0 aliphatic heterocycles. The van der Waals surface area contributed by atoms with E-state index in [0.29, 0.717) is 14.5 Å². The quantitative estimate of drug-likeness (QED) is 0.368. The highest BCUT2D eigenvalue weighted by molar-refractivity contribution is 7.20. The minimum absolute atomic E-state index is 0.149. The van der Waals surface area contributed by atoms with Crippen molar-refractivity contribution < 1.29 is 0 Å². The third-order valence-electron chi connectivity index (χ3n) is 1.44. The number of hydrazine groups is 1. The van der Waals surface area contributed by atoms with E-state index in [1.807, 2.05) is 13.8 Å². The fourth-order valence-electron chi connectivity index (χ4n) is 0.944. The standard InChI is InChI=1S/C8H11Cl2N3S/c1-4(2)12-8(13-11)5-3-6(9)14-7(5)10/h3-4H,11H2,1-2H3,(H,12,13). The van der Waals surface area contributed by atoms with E-state index < -0.39 is 0 Å². The lowest BCUT2D eigenvalue weighted by atomic mass is 10.3. The molecule has 1 heterocycles. The zero-order valence-electron chi connectivity index (χ0n) is 7.84. The second-order valence-corrected chi connectivity index (χ2v) is 5.24. The lowest BCUT2D eigenvalue weighted by molar-refractivity contribution is 0.820. The van der Waals surface area contributed by atoms with Crippen molar-refractivity contribution in [2.75, 3.05) is 0 Å². The molecule has 3 nitrogen and oxygen atoms in total. The zero-order valence-corrected chi connectivity index (χ0v) is 10.2. The molecule has 0 aliphatic rings. The van der Waals surface area contributed by atoms with Gasteiger partial charge < -0.3 is 5.43 Å². The van der Waals surface area contributed by atoms with Crippen LogP contribution in [0, 0.1) is 0 Å². The van der Waals surface area contributed by atoms with Crippen LogP contribution in [0.15, 0.2) is 11.1 Å². The Morgan fingerprint density at radius 3 is 2.57 bits per heavy atom. The number of aliphatic imine (C=N–C) groups is 1. The van der Waals surface area contributed by atoms with E-state index in [0.717, 1.165) is 5.56 Å². The van der Waals surface area contributed by atoms with Gasteiger partial charge in [-0.15, -0.1) is 11.3 Å². The number of amidine groups is 1. The van der Waals surface area contributed by atoms with Crippen LogP contribution in [0.25, 0.3) is 0 Å². The molecular weight excluding hydrogens is 241 g/mol. The summed E-state index contributed by atoms with van der Waals surface area (Å²) in [5, 5.41) is 0. The molecule has 0 amide bonds. The number of nitrogens with two attached hydrogens (primary N) is 1. The number of hydrogen-bond donors (Lipinski definition) is 2. The molecule has 14 heavy (non-hydrogen) atoms. The number of nitrogens with zero attached hydrogens (tertiary/aromatic N) is 1. The Morgan fingerprint density at radius 2 is 2.21 bits per heavy atom. The van der Waals surface area contributed by atoms with Crippen LogP contribution in [0.2, 0.25) is 8.67 Å². The Labute approximate surface area is 96.9 Å². The molecule has 0 saturated carbocycles. The van der Waals surface area contributed by atoms with Crippen molar-refractivity contribution in [3.8, 4) is 0 Å². The molecule has 0 radical (unpaired) electrons. The highest BCUT2D eigenvalue weighted by Crippen LogP contribution is 2.31. The van der Waals surface area contributed by atoms with E-state index in [9.17, 15) is 0 Å². The highest BCUT2D eigenvalue weighted by atomic mass is 35.5. The van der Waals surface area contributed by atoms with Gasteiger partial charge in [-0.05, 0) is 19.9 Å². The number of thiophene rings is 1. The van der Waals surface area contributed by atoms with Gasteiger partial charge in [0.2, 0.25) is 0 Å². The molecule has 1 rings (SSSR count). The van der Waals surface area contributed by atoms with E-state index in [1.54, 1.807) is 6.07 Å². The largest absolute Gasteiger partial charge is 0.308 e. The first-order chi connectivity index (χ1) is 6.54. The summed E-state index contributed by atoms with van der Waals surface area (Å²) in [5.41, 5.74) is 3.27. The number of rotatable bonds is 2. The predicted molar refractivity (Wildman–Crippen MR) is 63.3 cm³/mol. The molecule has 0 unspecified atom stereocenters. The number of nitrogens with one attached hydrogen (secondary N) is 1. The van der Waals surface area contributed by atoms with Crippen LogP contribution < -0.4 is 11.3 Å². The lowest BCUT2D eigenvalue weighted by Gasteiger charge is -2.05. The molecule has 1 aromatic rings. The molecule has 78 valence electrons. The van der Waals surface area contributed by atoms with Crippen LogP contribution in [0.5, 0.6) is 0 Å². The summed E-state index contributed by atoms with van der Waals surface area (Å²) in [6.07, 6.45) is 0. The summed E-state index contributed by atoms with van der Waals surface area (Å²) in [6.45, 7) is 3.92. The maximum atomic E-state index is 5.96. The maximum Gasteiger partial charge on any atom is 0.145 e. The minimum Gasteiger partial charge on any atom is -0.308 e. The molecule has 3 N–H and O–H groups in total. The number of hydrogen-bond acceptors (Lipinski definition) is 3. The molecule has 6 heteroatoms. The second-order valence-electron chi connectivity index (χ2n) is 2.95. The summed E-state index contributed by atoms with van der Waals surface area (Å²) in [5.74, 6) is 5.92. The van der Waals surface area contributed by atoms with E-state index >= 15 is 0 Å². The van der Waals surface area contributed by atoms with Gasteiger partial charge in [-0.25, -0.2) is 5.84 Å². The molecular formula is C8H11Cl2N3S. The molecule has 0 atom stereocenters. The normalized spacial score (nSPS) is 12.3. The van der Waals surface area contributed by atoms with Crippen LogP contribution in [0.4, 0.5) is 0 Å². The first-order valence-corrected chi connectivity index (χ1v) is 5.61. The Bertz CT molecular complexity index is 346. The smallest absolute Gasteiger partial charge is 0.145 e. The summed E-state index contributed by atoms with van der Waals surface area (Å²) < 4.78 is 1.21. The van der Waals surface area contributed by atoms with Gasteiger partial charge in [-0.2, -0.15) is 0 Å². The van der Waals surface area contributed by atoms with Crippen molar-refractivity contribution in [1.82, 2.24) is 5.43 Å². The van der Waals surface area contributed by atoms with Crippen molar-refractivity contribution in [2.45, 2.75) is 19.9 Å². The summed E-state index contributed by atoms with van der Waals surface area (Å²) in [6, 6.07) is 1.89. The van der Waals surface area contributed by atoms with Crippen molar-refractivity contribution in [1.29, 1.82) is 0 Å². The van der Waals surface area contributed by atoms with Crippen molar-refractivity contribution in [3.05, 3.63) is 20.3 Å². The first kappa shape index (κ1) is 11.8. The SMILES string of the molecule is CC(C)N=C(NN)c1cc(Cl)sc1Cl. The van der Waals surface area contributed by atoms with Gasteiger partial charge in [0.05, 0.1) is 4.34 Å². The van der Waals surface area contributed by atoms with Gasteiger partial charge in [0, 0.05) is 11.6 Å². The van der Waals surface area contributed by atoms with Crippen LogP contribution in [-0.2, 0) is 0 Å². The third kappa shape index (κ3) is 2.85. The van der Waals surface area contributed by atoms with E-state index in [2.05, 4.69) is 10.4 Å². The maximum absolute atomic E-state index is 5.96. The highest BCUT2D eigenvalue weighted by Gasteiger charge is 2.11. The minimum atomic E-state index is 0.149. The molecule has 1 aromatic heterocycles. The van der Waals surface area contributed by atoms with Gasteiger partial charge in [0.1, 0.15) is 10.2 Å². The van der Waals surface area contributed by atoms with Crippen molar-refractivity contribution >= 4 is 40.4 Å². The number of halogens is 2. The van der Waals surface area contributed by atoms with Gasteiger partial charge in [-0.3, -0.25) is 4.99 Å². The fourth-order valence-corrected chi connectivity index (χ4v) is 2.41. The fraction of sp³-hybridized carbons (Fsp3) is 0.375. The molecule has 0 aliphatic carbocycles. The lowest BCUT2D eigenvalue weighted by Crippen LogP contribution is -2.31. The average molecular weight is 252 g/mol. The first-order valence-electron chi connectivity index (χ1n) is 4.04. The van der Waals surface area contributed by atoms with E-state index in [-0.39, 0.29) is 6.04 Å². The van der Waals surface area contributed by atoms with Crippen molar-refractivity contribution in [2.24, 2.45) is 10.8 Å². The zero-order chi connectivity index (χ0) is 10.7. The second kappa shape index (κ2) is 4.98. The summed E-state index contributed by atoms with van der Waals surface area (Å²) in [4.78, 5) is 4.28. The van der Waals surface area contributed by atoms with Gasteiger partial charge >= 0.3 is 0 Å². The Balaban J connectivity index is 3.06. The van der Waals surface area contributed by atoms with Gasteiger partial charge in [0.25, 0.3) is 0 Å². The van der Waals surface area contributed by atoms with Gasteiger partial charge in [0.15, 0.2) is 0 Å². The Morgan fingerprint density at radius 1 is 1.57 bits per heavy atom. The van der Waals surface area contributed by atoms with Crippen LogP contribution in [0.3, 0.4) is 0 Å². The molecule has 0 bridgehead atoms. The summed E-state index contributed by atoms with van der Waals surface area (Å²) >= 11 is 13.1. The molecule has 0 saturated heterocycles. The van der Waals surface area contributed by atoms with E-state index in [1.165, 1.54) is 11.3 Å². The Hall–Kier alpha value is -0.290. The Kier molecular flexibility index (Phi) is 4.19. The van der Waals surface area contributed by atoms with E-state index in [4.69, 9.17) is 29.0 Å². The molecule has 0 spiro atoms. The third-order valence-corrected chi connectivity index (χ3v) is 2.92. The monoisotopic (exact) mass is 251 g/mol. The topological polar surface area (TPSA) is 50.4 Å². The molecule has 0 aromatic carbocycles. The van der Waals surface area contributed by atoms with Crippen LogP contribution >= 0.6 is 34.5 Å². The predicted octanol–water partition coefficient (Wildman–Crippen LogP) is 2.67. The van der Waals surface area contributed by atoms with Crippen LogP contribution in [0.1, 0.15) is 19.4 Å². The van der Waals surface area contributed by atoms with Crippen LogP contribution in [-0.4, -0.2) is 11.9 Å². The van der Waals surface area contributed by atoms with Gasteiger partial charge in [-0.1, -0.05) is 23.2 Å². The average Bonchev–Trinajstić information content (AvgIpc) is 2.41. The summed E-state index contributed by atoms with van der Waals surface area (Å²) in [7, 11) is 0.